The number of nitrogens with one attached hydrogen (secondary N) is 1. The van der Waals surface area contributed by atoms with Gasteiger partial charge in [-0.1, -0.05) is 11.3 Å². The molecule has 3 aromatic rings. The maximum Gasteiger partial charge on any atom is 0.223 e. The van der Waals surface area contributed by atoms with Gasteiger partial charge in [0.15, 0.2) is 5.13 Å². The van der Waals surface area contributed by atoms with Crippen LogP contribution in [0.1, 0.15) is 18.1 Å². The number of hydrogen-bond donors (Lipinski definition) is 1. The van der Waals surface area contributed by atoms with Crippen molar-refractivity contribution in [3.05, 3.63) is 51.3 Å². The number of methoxy groups -OCH3 is 1. The Morgan fingerprint density at radius 3 is 2.22 bits per heavy atom. The molecule has 0 aliphatic heterocycles. The summed E-state index contributed by atoms with van der Waals surface area (Å²) in [7, 11) is 1.63. The molecule has 0 saturated heterocycles. The molecule has 0 bridgehead atoms. The quantitative estimate of drug-likeness (QED) is 0.525. The Labute approximate surface area is 170 Å². The number of amides is 1. The lowest BCUT2D eigenvalue weighted by Crippen LogP contribution is -2.05. The number of carbonyl (C=O) groups excluding carboxylic acids is 1. The molecule has 3 rings (SSSR count). The minimum atomic E-state index is -0.139. The minimum Gasteiger partial charge on any atom is -0.497 e. The Kier molecular flexibility index (Phi) is 5.82. The number of aryl methyl sites for hydroxylation is 2. The van der Waals surface area contributed by atoms with E-state index in [-0.39, 0.29) is 5.91 Å². The van der Waals surface area contributed by atoms with Crippen LogP contribution in [0.2, 0.25) is 0 Å². The van der Waals surface area contributed by atoms with E-state index in [0.717, 1.165) is 43.4 Å². The highest BCUT2D eigenvalue weighted by molar-refractivity contribution is 9.11. The molecule has 1 amide bonds. The number of ether oxygens (including phenoxy) is 2. The lowest BCUT2D eigenvalue weighted by atomic mass is 10.0. The van der Waals surface area contributed by atoms with Crippen LogP contribution in [0.3, 0.4) is 0 Å². The zero-order valence-corrected chi connectivity index (χ0v) is 17.8. The van der Waals surface area contributed by atoms with Crippen molar-refractivity contribution in [2.75, 3.05) is 12.4 Å². The summed E-state index contributed by atoms with van der Waals surface area (Å²) in [6, 6.07) is 11.4. The topological polar surface area (TPSA) is 60.5 Å². The molecule has 140 valence electrons. The van der Waals surface area contributed by atoms with Crippen molar-refractivity contribution in [2.45, 2.75) is 20.8 Å². The van der Waals surface area contributed by atoms with E-state index in [2.05, 4.69) is 26.2 Å². The number of thiazole rings is 1. The summed E-state index contributed by atoms with van der Waals surface area (Å²) in [5, 5.41) is 3.30. The summed E-state index contributed by atoms with van der Waals surface area (Å²) in [5.41, 5.74) is 3.92. The average Bonchev–Trinajstić information content (AvgIpc) is 2.94. The third kappa shape index (κ3) is 4.48. The average molecular weight is 447 g/mol. The molecule has 0 spiro atoms. The molecule has 7 heteroatoms. The van der Waals surface area contributed by atoms with Crippen molar-refractivity contribution in [3.63, 3.8) is 0 Å². The molecule has 1 heterocycles. The molecule has 1 N–H and O–H groups in total. The van der Waals surface area contributed by atoms with Crippen molar-refractivity contribution in [1.29, 1.82) is 0 Å². The van der Waals surface area contributed by atoms with Crippen LogP contribution in [0.15, 0.2) is 40.2 Å². The van der Waals surface area contributed by atoms with Gasteiger partial charge in [-0.3, -0.25) is 4.79 Å². The Morgan fingerprint density at radius 2 is 1.67 bits per heavy atom. The highest BCUT2D eigenvalue weighted by Gasteiger charge is 2.17. The zero-order chi connectivity index (χ0) is 19.6. The van der Waals surface area contributed by atoms with E-state index in [0.29, 0.717) is 5.13 Å². The monoisotopic (exact) mass is 446 g/mol. The van der Waals surface area contributed by atoms with Crippen LogP contribution >= 0.6 is 27.3 Å². The minimum absolute atomic E-state index is 0.139. The SMILES string of the molecule is COc1ccc(Oc2cc(C)c(-c3nc(NC(C)=O)sc3Br)c(C)c2)cc1. The molecular formula is C20H19BrN2O3S. The van der Waals surface area contributed by atoms with E-state index >= 15 is 0 Å². The third-order valence-electron chi connectivity index (χ3n) is 3.91. The summed E-state index contributed by atoms with van der Waals surface area (Å²) in [5.74, 6) is 2.14. The maximum atomic E-state index is 11.3. The number of carbonyl (C=O) groups is 1. The Balaban J connectivity index is 1.90. The first-order chi connectivity index (χ1) is 12.9. The van der Waals surface area contributed by atoms with Crippen molar-refractivity contribution in [3.8, 4) is 28.5 Å². The zero-order valence-electron chi connectivity index (χ0n) is 15.4. The molecule has 0 fully saturated rings. The molecule has 0 radical (unpaired) electrons. The second kappa shape index (κ2) is 8.10. The fourth-order valence-corrected chi connectivity index (χ4v) is 4.29. The van der Waals surface area contributed by atoms with E-state index in [1.54, 1.807) is 7.11 Å². The van der Waals surface area contributed by atoms with Gasteiger partial charge in [-0.2, -0.15) is 0 Å². The van der Waals surface area contributed by atoms with Gasteiger partial charge < -0.3 is 14.8 Å². The summed E-state index contributed by atoms with van der Waals surface area (Å²) in [6.45, 7) is 5.51. The summed E-state index contributed by atoms with van der Waals surface area (Å²) < 4.78 is 12.0. The molecule has 2 aromatic carbocycles. The van der Waals surface area contributed by atoms with E-state index in [9.17, 15) is 4.79 Å². The summed E-state index contributed by atoms with van der Waals surface area (Å²) in [4.78, 5) is 15.8. The maximum absolute atomic E-state index is 11.3. The predicted molar refractivity (Wildman–Crippen MR) is 112 cm³/mol. The van der Waals surface area contributed by atoms with Crippen LogP contribution in [0.25, 0.3) is 11.3 Å². The molecule has 0 aliphatic carbocycles. The van der Waals surface area contributed by atoms with Gasteiger partial charge in [-0.15, -0.1) is 0 Å². The van der Waals surface area contributed by atoms with E-state index in [1.807, 2.05) is 50.2 Å². The number of aromatic nitrogens is 1. The lowest BCUT2D eigenvalue weighted by molar-refractivity contribution is -0.114. The van der Waals surface area contributed by atoms with Crippen LogP contribution in [-0.4, -0.2) is 18.0 Å². The Bertz CT molecular complexity index is 960. The fraction of sp³-hybridized carbons (Fsp3) is 0.200. The second-order valence-electron chi connectivity index (χ2n) is 6.03. The number of anilines is 1. The number of hydrogen-bond acceptors (Lipinski definition) is 5. The molecule has 0 atom stereocenters. The third-order valence-corrected chi connectivity index (χ3v) is 5.53. The van der Waals surface area contributed by atoms with E-state index < -0.39 is 0 Å². The number of rotatable bonds is 5. The number of benzene rings is 2. The smallest absolute Gasteiger partial charge is 0.223 e. The standard InChI is InChI=1S/C20H19BrN2O3S/c1-11-9-16(26-15-7-5-14(25-4)6-8-15)10-12(2)17(11)18-19(21)27-20(23-18)22-13(3)24/h5-10H,1-4H3,(H,22,23,24). The summed E-state index contributed by atoms with van der Waals surface area (Å²) >= 11 is 4.96. The molecule has 27 heavy (non-hydrogen) atoms. The highest BCUT2D eigenvalue weighted by Crippen LogP contribution is 2.40. The van der Waals surface area contributed by atoms with Crippen molar-refractivity contribution in [1.82, 2.24) is 4.98 Å². The molecule has 0 unspecified atom stereocenters. The van der Waals surface area contributed by atoms with Crippen LogP contribution in [0.4, 0.5) is 5.13 Å². The molecule has 1 aromatic heterocycles. The molecule has 0 saturated carbocycles. The van der Waals surface area contributed by atoms with Crippen LogP contribution in [0, 0.1) is 13.8 Å². The van der Waals surface area contributed by atoms with Crippen molar-refractivity contribution < 1.29 is 14.3 Å². The normalized spacial score (nSPS) is 10.6. The van der Waals surface area contributed by atoms with Crippen molar-refractivity contribution in [2.24, 2.45) is 0 Å². The first-order valence-electron chi connectivity index (χ1n) is 8.25. The van der Waals surface area contributed by atoms with Gasteiger partial charge >= 0.3 is 0 Å². The largest absolute Gasteiger partial charge is 0.497 e. The van der Waals surface area contributed by atoms with Gasteiger partial charge in [0.1, 0.15) is 17.2 Å². The first kappa shape index (κ1) is 19.4. The van der Waals surface area contributed by atoms with Gasteiger partial charge in [0.05, 0.1) is 16.6 Å². The Hall–Kier alpha value is -2.38. The van der Waals surface area contributed by atoms with E-state index in [1.165, 1.54) is 18.3 Å². The van der Waals surface area contributed by atoms with Gasteiger partial charge in [-0.05, 0) is 77.3 Å². The predicted octanol–water partition coefficient (Wildman–Crippen LogP) is 5.95. The van der Waals surface area contributed by atoms with E-state index in [4.69, 9.17) is 9.47 Å². The summed E-state index contributed by atoms with van der Waals surface area (Å²) in [6.07, 6.45) is 0. The van der Waals surface area contributed by atoms with Gasteiger partial charge in [0.25, 0.3) is 0 Å². The number of halogens is 1. The van der Waals surface area contributed by atoms with Crippen LogP contribution in [-0.2, 0) is 4.79 Å². The number of nitrogens with zero attached hydrogens (tertiary/aromatic N) is 1. The molecule has 0 aliphatic rings. The van der Waals surface area contributed by atoms with Gasteiger partial charge in [0.2, 0.25) is 5.91 Å². The second-order valence-corrected chi connectivity index (χ2v) is 8.35. The first-order valence-corrected chi connectivity index (χ1v) is 9.85. The Morgan fingerprint density at radius 1 is 1.07 bits per heavy atom. The van der Waals surface area contributed by atoms with Gasteiger partial charge in [0, 0.05) is 12.5 Å². The highest BCUT2D eigenvalue weighted by atomic mass is 79.9. The van der Waals surface area contributed by atoms with Gasteiger partial charge in [-0.25, -0.2) is 4.98 Å². The molecular weight excluding hydrogens is 428 g/mol. The van der Waals surface area contributed by atoms with Crippen LogP contribution in [0.5, 0.6) is 17.2 Å². The lowest BCUT2D eigenvalue weighted by Gasteiger charge is -2.13. The molecule has 5 nitrogen and oxygen atoms in total. The van der Waals surface area contributed by atoms with Crippen LogP contribution < -0.4 is 14.8 Å². The van der Waals surface area contributed by atoms with Crippen molar-refractivity contribution >= 4 is 38.3 Å². The fourth-order valence-electron chi connectivity index (χ4n) is 2.80.